The summed E-state index contributed by atoms with van der Waals surface area (Å²) in [5.41, 5.74) is 1.48. The molecule has 0 atom stereocenters. The number of benzene rings is 2. The maximum absolute atomic E-state index is 12.4. The maximum Gasteiger partial charge on any atom is 0.242 e. The maximum atomic E-state index is 12.4. The molecule has 2 aromatic carbocycles. The number of rotatable bonds is 10. The van der Waals surface area contributed by atoms with Gasteiger partial charge in [0.2, 0.25) is 21.8 Å². The van der Waals surface area contributed by atoms with Crippen LogP contribution in [0.4, 0.5) is 5.69 Å². The summed E-state index contributed by atoms with van der Waals surface area (Å²) in [4.78, 5) is 26.5. The van der Waals surface area contributed by atoms with Crippen LogP contribution in [0.5, 0.6) is 0 Å². The monoisotopic (exact) mass is 490 g/mol. The van der Waals surface area contributed by atoms with Gasteiger partial charge in [-0.2, -0.15) is 0 Å². The Kier molecular flexibility index (Phi) is 8.12. The van der Waals surface area contributed by atoms with Crippen molar-refractivity contribution >= 4 is 50.0 Å². The molecule has 0 radical (unpaired) electrons. The van der Waals surface area contributed by atoms with Crippen molar-refractivity contribution in [3.63, 3.8) is 0 Å². The van der Waals surface area contributed by atoms with Crippen LogP contribution in [0.3, 0.4) is 0 Å². The van der Waals surface area contributed by atoms with E-state index in [1.165, 1.54) is 12.1 Å². The molecule has 8 nitrogen and oxygen atoms in total. The Morgan fingerprint density at radius 1 is 1.06 bits per heavy atom. The summed E-state index contributed by atoms with van der Waals surface area (Å²) >= 11 is 5.94. The van der Waals surface area contributed by atoms with Crippen molar-refractivity contribution in [3.05, 3.63) is 59.8 Å². The van der Waals surface area contributed by atoms with E-state index in [-0.39, 0.29) is 41.2 Å². The third-order valence-corrected chi connectivity index (χ3v) is 7.21. The minimum atomic E-state index is -3.80. The van der Waals surface area contributed by atoms with Gasteiger partial charge in [0.1, 0.15) is 11.4 Å². The van der Waals surface area contributed by atoms with Gasteiger partial charge in [0.15, 0.2) is 0 Å². The SMILES string of the molecule is CCN(CC)C(=O)Cn1ccc2cc(NC(=O)CCNS(=O)(=O)c3ccccc3Cl)ccc21. The largest absolute Gasteiger partial charge is 0.342 e. The van der Waals surface area contributed by atoms with Crippen LogP contribution in [0.15, 0.2) is 59.6 Å². The van der Waals surface area contributed by atoms with Crippen LogP contribution in [-0.4, -0.2) is 49.3 Å². The third kappa shape index (κ3) is 6.13. The van der Waals surface area contributed by atoms with Crippen LogP contribution >= 0.6 is 11.6 Å². The van der Waals surface area contributed by atoms with Crippen LogP contribution in [-0.2, 0) is 26.2 Å². The Morgan fingerprint density at radius 2 is 1.79 bits per heavy atom. The number of fused-ring (bicyclic) bond motifs is 1. The summed E-state index contributed by atoms with van der Waals surface area (Å²) in [6.07, 6.45) is 1.81. The van der Waals surface area contributed by atoms with Gasteiger partial charge < -0.3 is 14.8 Å². The molecule has 176 valence electrons. The Bertz CT molecular complexity index is 1250. The third-order valence-electron chi connectivity index (χ3n) is 5.25. The number of aromatic nitrogens is 1. The molecule has 2 N–H and O–H groups in total. The van der Waals surface area contributed by atoms with Crippen LogP contribution in [0, 0.1) is 0 Å². The molecule has 0 aliphatic carbocycles. The number of carbonyl (C=O) groups is 2. The molecule has 2 amide bonds. The Hall–Kier alpha value is -2.88. The van der Waals surface area contributed by atoms with E-state index >= 15 is 0 Å². The highest BCUT2D eigenvalue weighted by Gasteiger charge is 2.17. The summed E-state index contributed by atoms with van der Waals surface area (Å²) in [6.45, 7) is 5.42. The van der Waals surface area contributed by atoms with Gasteiger partial charge in [-0.05, 0) is 50.2 Å². The van der Waals surface area contributed by atoms with Crippen molar-refractivity contribution in [1.82, 2.24) is 14.2 Å². The van der Waals surface area contributed by atoms with Crippen molar-refractivity contribution in [2.24, 2.45) is 0 Å². The fourth-order valence-corrected chi connectivity index (χ4v) is 5.05. The van der Waals surface area contributed by atoms with Gasteiger partial charge in [-0.1, -0.05) is 23.7 Å². The summed E-state index contributed by atoms with van der Waals surface area (Å²) in [5, 5.41) is 3.78. The predicted octanol–water partition coefficient (Wildman–Crippen LogP) is 3.47. The minimum absolute atomic E-state index is 0.0264. The Balaban J connectivity index is 1.58. The highest BCUT2D eigenvalue weighted by molar-refractivity contribution is 7.89. The normalized spacial score (nSPS) is 11.5. The molecule has 1 heterocycles. The van der Waals surface area contributed by atoms with E-state index in [0.717, 1.165) is 10.9 Å². The second-order valence-corrected chi connectivity index (χ2v) is 9.55. The van der Waals surface area contributed by atoms with Crippen molar-refractivity contribution in [2.45, 2.75) is 31.7 Å². The van der Waals surface area contributed by atoms with E-state index in [1.807, 2.05) is 42.8 Å². The van der Waals surface area contributed by atoms with Crippen LogP contribution in [0.25, 0.3) is 10.9 Å². The number of nitrogens with zero attached hydrogens (tertiary/aromatic N) is 2. The first-order valence-corrected chi connectivity index (χ1v) is 12.5. The molecule has 0 aliphatic heterocycles. The number of anilines is 1. The van der Waals surface area contributed by atoms with Gasteiger partial charge in [-0.15, -0.1) is 0 Å². The molecule has 33 heavy (non-hydrogen) atoms. The second-order valence-electron chi connectivity index (χ2n) is 7.41. The van der Waals surface area contributed by atoms with Gasteiger partial charge in [0, 0.05) is 48.8 Å². The number of carbonyl (C=O) groups excluding carboxylic acids is 2. The summed E-state index contributed by atoms with van der Waals surface area (Å²) in [5.74, 6) is -0.276. The summed E-state index contributed by atoms with van der Waals surface area (Å²) in [6, 6.07) is 13.4. The molecular formula is C23H27ClN4O4S. The van der Waals surface area contributed by atoms with E-state index in [4.69, 9.17) is 11.6 Å². The number of nitrogens with one attached hydrogen (secondary N) is 2. The van der Waals surface area contributed by atoms with E-state index < -0.39 is 10.0 Å². The average Bonchev–Trinajstić information content (AvgIpc) is 3.16. The zero-order chi connectivity index (χ0) is 24.0. The number of likely N-dealkylation sites (N-methyl/N-ethyl adjacent to an activating group) is 1. The van der Waals surface area contributed by atoms with Crippen molar-refractivity contribution in [3.8, 4) is 0 Å². The quantitative estimate of drug-likeness (QED) is 0.454. The minimum Gasteiger partial charge on any atom is -0.342 e. The highest BCUT2D eigenvalue weighted by Crippen LogP contribution is 2.22. The summed E-state index contributed by atoms with van der Waals surface area (Å²) < 4.78 is 29.0. The molecule has 0 fully saturated rings. The molecule has 0 saturated carbocycles. The lowest BCUT2D eigenvalue weighted by Crippen LogP contribution is -2.33. The van der Waals surface area contributed by atoms with E-state index in [9.17, 15) is 18.0 Å². The van der Waals surface area contributed by atoms with Gasteiger partial charge in [-0.3, -0.25) is 9.59 Å². The number of amides is 2. The lowest BCUT2D eigenvalue weighted by molar-refractivity contribution is -0.131. The summed E-state index contributed by atoms with van der Waals surface area (Å²) in [7, 11) is -3.80. The van der Waals surface area contributed by atoms with E-state index in [2.05, 4.69) is 10.0 Å². The van der Waals surface area contributed by atoms with Crippen LogP contribution < -0.4 is 10.0 Å². The van der Waals surface area contributed by atoms with Crippen molar-refractivity contribution in [1.29, 1.82) is 0 Å². The zero-order valence-electron chi connectivity index (χ0n) is 18.5. The average molecular weight is 491 g/mol. The van der Waals surface area contributed by atoms with Crippen LogP contribution in [0.1, 0.15) is 20.3 Å². The van der Waals surface area contributed by atoms with Crippen molar-refractivity contribution in [2.75, 3.05) is 25.0 Å². The number of hydrogen-bond donors (Lipinski definition) is 2. The molecule has 0 spiro atoms. The molecule has 0 saturated heterocycles. The van der Waals surface area contributed by atoms with Gasteiger partial charge >= 0.3 is 0 Å². The van der Waals surface area contributed by atoms with Crippen molar-refractivity contribution < 1.29 is 18.0 Å². The first kappa shape index (κ1) is 24.8. The fraction of sp³-hybridized carbons (Fsp3) is 0.304. The molecule has 10 heteroatoms. The fourth-order valence-electron chi connectivity index (χ4n) is 3.50. The van der Waals surface area contributed by atoms with E-state index in [1.54, 1.807) is 23.1 Å². The Morgan fingerprint density at radius 3 is 2.48 bits per heavy atom. The van der Waals surface area contributed by atoms with Crippen LogP contribution in [0.2, 0.25) is 5.02 Å². The first-order chi connectivity index (χ1) is 15.7. The lowest BCUT2D eigenvalue weighted by atomic mass is 10.2. The topological polar surface area (TPSA) is 101 Å². The lowest BCUT2D eigenvalue weighted by Gasteiger charge is -2.19. The smallest absolute Gasteiger partial charge is 0.242 e. The number of hydrogen-bond acceptors (Lipinski definition) is 4. The molecule has 0 bridgehead atoms. The molecule has 0 unspecified atom stereocenters. The van der Waals surface area contributed by atoms with Gasteiger partial charge in [-0.25, -0.2) is 13.1 Å². The standard InChI is InChI=1S/C23H27ClN4O4S/c1-3-27(4-2)23(30)16-28-14-12-17-15-18(9-10-20(17)28)26-22(29)11-13-25-33(31,32)21-8-6-5-7-19(21)24/h5-10,12,14-15,25H,3-4,11,13,16H2,1-2H3,(H,26,29). The van der Waals surface area contributed by atoms with Gasteiger partial charge in [0.05, 0.1) is 5.02 Å². The molecule has 3 rings (SSSR count). The molecular weight excluding hydrogens is 464 g/mol. The first-order valence-electron chi connectivity index (χ1n) is 10.7. The number of sulfonamides is 1. The number of halogens is 1. The van der Waals surface area contributed by atoms with Gasteiger partial charge in [0.25, 0.3) is 0 Å². The zero-order valence-corrected chi connectivity index (χ0v) is 20.1. The highest BCUT2D eigenvalue weighted by atomic mass is 35.5. The predicted molar refractivity (Wildman–Crippen MR) is 130 cm³/mol. The molecule has 1 aromatic heterocycles. The van der Waals surface area contributed by atoms with E-state index in [0.29, 0.717) is 18.8 Å². The molecule has 3 aromatic rings. The molecule has 0 aliphatic rings. The second kappa shape index (κ2) is 10.8. The Labute approximate surface area is 198 Å².